The smallest absolute Gasteiger partial charge is 0.0602 e. The van der Waals surface area contributed by atoms with Crippen molar-refractivity contribution in [2.75, 3.05) is 0 Å². The molecule has 1 atom stereocenters. The van der Waals surface area contributed by atoms with E-state index in [4.69, 9.17) is 23.2 Å². The lowest BCUT2D eigenvalue weighted by molar-refractivity contribution is 0.706. The fourth-order valence-electron chi connectivity index (χ4n) is 1.82. The zero-order chi connectivity index (χ0) is 11.0. The first kappa shape index (κ1) is 11.3. The highest BCUT2D eigenvalue weighted by Gasteiger charge is 2.26. The van der Waals surface area contributed by atoms with Crippen LogP contribution in [0.5, 0.6) is 0 Å². The van der Waals surface area contributed by atoms with Crippen LogP contribution in [0, 0.1) is 19.8 Å². The molecule has 0 nitrogen and oxygen atoms in total. The zero-order valence-electron chi connectivity index (χ0n) is 9.19. The molecule has 2 heteroatoms. The predicted molar refractivity (Wildman–Crippen MR) is 66.9 cm³/mol. The van der Waals surface area contributed by atoms with E-state index in [1.165, 1.54) is 24.0 Å². The Bertz CT molecular complexity index is 367. The van der Waals surface area contributed by atoms with Crippen molar-refractivity contribution in [1.82, 2.24) is 0 Å². The van der Waals surface area contributed by atoms with Crippen molar-refractivity contribution in [3.05, 3.63) is 33.8 Å². The van der Waals surface area contributed by atoms with Crippen molar-refractivity contribution in [3.63, 3.8) is 0 Å². The molecule has 0 heterocycles. The number of rotatable bonds is 3. The minimum Gasteiger partial charge on any atom is -0.118 e. The summed E-state index contributed by atoms with van der Waals surface area (Å²) in [7, 11) is 0. The molecular weight excluding hydrogens is 227 g/mol. The van der Waals surface area contributed by atoms with Gasteiger partial charge in [-0.05, 0) is 48.9 Å². The van der Waals surface area contributed by atoms with Crippen LogP contribution in [0.3, 0.4) is 0 Å². The summed E-state index contributed by atoms with van der Waals surface area (Å²) in [6.07, 6.45) is 3.75. The summed E-state index contributed by atoms with van der Waals surface area (Å²) in [6, 6.07) is 4.16. The van der Waals surface area contributed by atoms with E-state index in [1.54, 1.807) is 0 Å². The molecule has 1 fully saturated rings. The molecule has 1 aliphatic rings. The molecule has 0 aliphatic heterocycles. The highest BCUT2D eigenvalue weighted by molar-refractivity contribution is 6.32. The zero-order valence-corrected chi connectivity index (χ0v) is 10.7. The standard InChI is InChI=1S/C13H16Cl2/c1-8-5-11(12(14)6-9(8)2)13(15)7-10-3-4-10/h5-6,10,13H,3-4,7H2,1-2H3. The van der Waals surface area contributed by atoms with Gasteiger partial charge in [-0.25, -0.2) is 0 Å². The third kappa shape index (κ3) is 2.68. The number of benzene rings is 1. The lowest BCUT2D eigenvalue weighted by atomic mass is 10.0. The molecule has 0 amide bonds. The average molecular weight is 243 g/mol. The Labute approximate surface area is 102 Å². The molecule has 0 aromatic heterocycles. The Morgan fingerprint density at radius 1 is 1.27 bits per heavy atom. The first-order valence-electron chi connectivity index (χ1n) is 5.48. The minimum atomic E-state index is 0.0873. The van der Waals surface area contributed by atoms with Crippen LogP contribution in [0.1, 0.15) is 41.3 Å². The van der Waals surface area contributed by atoms with Gasteiger partial charge in [0.2, 0.25) is 0 Å². The van der Waals surface area contributed by atoms with Crippen LogP contribution >= 0.6 is 23.2 Å². The first-order valence-corrected chi connectivity index (χ1v) is 6.30. The van der Waals surface area contributed by atoms with Gasteiger partial charge in [0.15, 0.2) is 0 Å². The Kier molecular flexibility index (Phi) is 3.27. The van der Waals surface area contributed by atoms with Crippen LogP contribution < -0.4 is 0 Å². The summed E-state index contributed by atoms with van der Waals surface area (Å²) in [5.74, 6) is 0.838. The lowest BCUT2D eigenvalue weighted by Gasteiger charge is -2.13. The van der Waals surface area contributed by atoms with Crippen molar-refractivity contribution in [1.29, 1.82) is 0 Å². The van der Waals surface area contributed by atoms with Crippen LogP contribution in [-0.2, 0) is 0 Å². The minimum absolute atomic E-state index is 0.0873. The van der Waals surface area contributed by atoms with E-state index in [2.05, 4.69) is 19.9 Å². The molecule has 0 N–H and O–H groups in total. The highest BCUT2D eigenvalue weighted by atomic mass is 35.5. The molecule has 0 bridgehead atoms. The fourth-order valence-corrected chi connectivity index (χ4v) is 2.65. The van der Waals surface area contributed by atoms with Crippen LogP contribution in [0.25, 0.3) is 0 Å². The van der Waals surface area contributed by atoms with Gasteiger partial charge in [0.1, 0.15) is 0 Å². The average Bonchev–Trinajstić information content (AvgIpc) is 2.95. The molecule has 0 saturated heterocycles. The predicted octanol–water partition coefficient (Wildman–Crippen LogP) is 5.04. The SMILES string of the molecule is Cc1cc(Cl)c(C(Cl)CC2CC2)cc1C. The Morgan fingerprint density at radius 3 is 2.47 bits per heavy atom. The second kappa shape index (κ2) is 4.35. The highest BCUT2D eigenvalue weighted by Crippen LogP contribution is 2.42. The van der Waals surface area contributed by atoms with Gasteiger partial charge >= 0.3 is 0 Å². The van der Waals surface area contributed by atoms with Gasteiger partial charge in [0, 0.05) is 5.02 Å². The van der Waals surface area contributed by atoms with E-state index in [9.17, 15) is 0 Å². The maximum Gasteiger partial charge on any atom is 0.0602 e. The number of hydrogen-bond donors (Lipinski definition) is 0. The second-order valence-electron chi connectivity index (χ2n) is 4.60. The largest absolute Gasteiger partial charge is 0.118 e. The van der Waals surface area contributed by atoms with Crippen LogP contribution in [0.2, 0.25) is 5.02 Å². The van der Waals surface area contributed by atoms with Gasteiger partial charge in [-0.15, -0.1) is 11.6 Å². The lowest BCUT2D eigenvalue weighted by Crippen LogP contribution is -1.95. The summed E-state index contributed by atoms with van der Waals surface area (Å²) in [4.78, 5) is 0. The summed E-state index contributed by atoms with van der Waals surface area (Å²) in [5, 5.41) is 0.906. The molecular formula is C13H16Cl2. The van der Waals surface area contributed by atoms with Gasteiger partial charge in [-0.1, -0.05) is 30.5 Å². The normalized spacial score (nSPS) is 17.9. The van der Waals surface area contributed by atoms with Gasteiger partial charge in [-0.2, -0.15) is 0 Å². The van der Waals surface area contributed by atoms with Crippen molar-refractivity contribution in [2.24, 2.45) is 5.92 Å². The van der Waals surface area contributed by atoms with Crippen molar-refractivity contribution < 1.29 is 0 Å². The summed E-state index contributed by atoms with van der Waals surface area (Å²) in [5.41, 5.74) is 3.61. The molecule has 1 aliphatic carbocycles. The van der Waals surface area contributed by atoms with Crippen molar-refractivity contribution >= 4 is 23.2 Å². The Hall–Kier alpha value is -0.200. The molecule has 1 aromatic carbocycles. The summed E-state index contributed by atoms with van der Waals surface area (Å²) >= 11 is 12.6. The van der Waals surface area contributed by atoms with Crippen molar-refractivity contribution in [2.45, 2.75) is 38.5 Å². The third-order valence-electron chi connectivity index (χ3n) is 3.19. The molecule has 2 rings (SSSR count). The quantitative estimate of drug-likeness (QED) is 0.652. The maximum atomic E-state index is 6.39. The van der Waals surface area contributed by atoms with Crippen LogP contribution in [0.4, 0.5) is 0 Å². The first-order chi connectivity index (χ1) is 7.08. The number of aryl methyl sites for hydroxylation is 2. The van der Waals surface area contributed by atoms with Crippen LogP contribution in [0.15, 0.2) is 12.1 Å². The molecule has 1 saturated carbocycles. The Balaban J connectivity index is 2.21. The number of halogens is 2. The number of hydrogen-bond acceptors (Lipinski definition) is 0. The third-order valence-corrected chi connectivity index (χ3v) is 3.93. The monoisotopic (exact) mass is 242 g/mol. The van der Waals surface area contributed by atoms with E-state index in [0.29, 0.717) is 0 Å². The van der Waals surface area contributed by atoms with E-state index in [1.807, 2.05) is 6.07 Å². The maximum absolute atomic E-state index is 6.39. The molecule has 1 unspecified atom stereocenters. The Morgan fingerprint density at radius 2 is 1.87 bits per heavy atom. The second-order valence-corrected chi connectivity index (χ2v) is 5.54. The topological polar surface area (TPSA) is 0 Å². The van der Waals surface area contributed by atoms with E-state index in [0.717, 1.165) is 22.9 Å². The van der Waals surface area contributed by atoms with E-state index < -0.39 is 0 Å². The van der Waals surface area contributed by atoms with Crippen LogP contribution in [-0.4, -0.2) is 0 Å². The van der Waals surface area contributed by atoms with Gasteiger partial charge in [0.05, 0.1) is 5.38 Å². The summed E-state index contributed by atoms with van der Waals surface area (Å²) in [6.45, 7) is 4.19. The molecule has 15 heavy (non-hydrogen) atoms. The summed E-state index contributed by atoms with van der Waals surface area (Å²) < 4.78 is 0. The fraction of sp³-hybridized carbons (Fsp3) is 0.538. The molecule has 0 radical (unpaired) electrons. The molecule has 82 valence electrons. The van der Waals surface area contributed by atoms with Gasteiger partial charge < -0.3 is 0 Å². The van der Waals surface area contributed by atoms with E-state index in [-0.39, 0.29) is 5.38 Å². The van der Waals surface area contributed by atoms with Gasteiger partial charge in [-0.3, -0.25) is 0 Å². The van der Waals surface area contributed by atoms with Gasteiger partial charge in [0.25, 0.3) is 0 Å². The van der Waals surface area contributed by atoms with Crippen molar-refractivity contribution in [3.8, 4) is 0 Å². The molecule has 0 spiro atoms. The molecule has 1 aromatic rings. The number of alkyl halides is 1. The van der Waals surface area contributed by atoms with E-state index >= 15 is 0 Å².